The first kappa shape index (κ1) is 13.4. The molecule has 0 aromatic heterocycles. The number of halogens is 2. The molecule has 1 saturated carbocycles. The molecule has 0 amide bonds. The van der Waals surface area contributed by atoms with Gasteiger partial charge in [-0.05, 0) is 44.9 Å². The molecule has 2 nitrogen and oxygen atoms in total. The summed E-state index contributed by atoms with van der Waals surface area (Å²) in [4.78, 5) is 0. The Balaban J connectivity index is 2.20. The maximum Gasteiger partial charge on any atom is 0.129 e. The van der Waals surface area contributed by atoms with E-state index in [-0.39, 0.29) is 17.2 Å². The molecule has 1 atom stereocenters. The topological polar surface area (TPSA) is 21.3 Å². The summed E-state index contributed by atoms with van der Waals surface area (Å²) in [6.07, 6.45) is 3.28. The first-order valence-electron chi connectivity index (χ1n) is 6.28. The van der Waals surface area contributed by atoms with E-state index in [2.05, 4.69) is 5.32 Å². The minimum Gasteiger partial charge on any atom is -0.377 e. The first-order valence-corrected chi connectivity index (χ1v) is 6.28. The average Bonchev–Trinajstić information content (AvgIpc) is 2.30. The van der Waals surface area contributed by atoms with Crippen LogP contribution in [0.15, 0.2) is 18.2 Å². The molecule has 4 heteroatoms. The van der Waals surface area contributed by atoms with Crippen LogP contribution in [0.1, 0.15) is 24.8 Å². The van der Waals surface area contributed by atoms with Crippen LogP contribution in [0.3, 0.4) is 0 Å². The van der Waals surface area contributed by atoms with Crippen LogP contribution >= 0.6 is 0 Å². The van der Waals surface area contributed by atoms with E-state index in [1.54, 1.807) is 7.11 Å². The highest BCUT2D eigenvalue weighted by Gasteiger charge is 2.44. The van der Waals surface area contributed by atoms with Crippen molar-refractivity contribution >= 4 is 0 Å². The van der Waals surface area contributed by atoms with Crippen molar-refractivity contribution in [1.29, 1.82) is 0 Å². The molecule has 1 aromatic rings. The Labute approximate surface area is 106 Å². The fraction of sp³-hybridized carbons (Fsp3) is 0.571. The normalized spacial score (nSPS) is 19.3. The number of methoxy groups -OCH3 is 1. The van der Waals surface area contributed by atoms with Gasteiger partial charge in [0.1, 0.15) is 11.6 Å². The van der Waals surface area contributed by atoms with Gasteiger partial charge >= 0.3 is 0 Å². The molecule has 1 unspecified atom stereocenters. The summed E-state index contributed by atoms with van der Waals surface area (Å²) in [6, 6.07) is 3.91. The maximum absolute atomic E-state index is 13.7. The van der Waals surface area contributed by atoms with Crippen molar-refractivity contribution in [3.05, 3.63) is 35.4 Å². The number of hydrogen-bond donors (Lipinski definition) is 1. The molecule has 1 aliphatic rings. The fourth-order valence-corrected chi connectivity index (χ4v) is 2.70. The second-order valence-corrected chi connectivity index (χ2v) is 4.87. The summed E-state index contributed by atoms with van der Waals surface area (Å²) in [5.41, 5.74) is -0.135. The van der Waals surface area contributed by atoms with Crippen LogP contribution in [-0.4, -0.2) is 25.8 Å². The summed E-state index contributed by atoms with van der Waals surface area (Å²) in [7, 11) is 3.48. The third-order valence-electron chi connectivity index (χ3n) is 4.06. The van der Waals surface area contributed by atoms with Gasteiger partial charge in [0.2, 0.25) is 0 Å². The van der Waals surface area contributed by atoms with Gasteiger partial charge in [0.15, 0.2) is 0 Å². The number of ether oxygens (including phenoxy) is 1. The summed E-state index contributed by atoms with van der Waals surface area (Å²) in [5.74, 6) is -0.971. The monoisotopic (exact) mass is 255 g/mol. The van der Waals surface area contributed by atoms with Crippen LogP contribution < -0.4 is 5.32 Å². The van der Waals surface area contributed by atoms with E-state index < -0.39 is 11.6 Å². The van der Waals surface area contributed by atoms with Gasteiger partial charge in [-0.1, -0.05) is 6.07 Å². The highest BCUT2D eigenvalue weighted by atomic mass is 19.1. The highest BCUT2D eigenvalue weighted by Crippen LogP contribution is 2.39. The Bertz CT molecular complexity index is 392. The van der Waals surface area contributed by atoms with Gasteiger partial charge in [-0.15, -0.1) is 0 Å². The van der Waals surface area contributed by atoms with Gasteiger partial charge in [-0.3, -0.25) is 0 Å². The van der Waals surface area contributed by atoms with E-state index in [1.807, 2.05) is 7.05 Å². The summed E-state index contributed by atoms with van der Waals surface area (Å²) < 4.78 is 32.9. The lowest BCUT2D eigenvalue weighted by molar-refractivity contribution is -0.0969. The van der Waals surface area contributed by atoms with Gasteiger partial charge in [0.05, 0.1) is 5.60 Å². The second kappa shape index (κ2) is 5.33. The minimum absolute atomic E-state index is 0.0670. The summed E-state index contributed by atoms with van der Waals surface area (Å²) >= 11 is 0. The molecular weight excluding hydrogens is 236 g/mol. The predicted octanol–water partition coefficient (Wildman–Crippen LogP) is 2.66. The number of hydrogen-bond acceptors (Lipinski definition) is 2. The largest absolute Gasteiger partial charge is 0.377 e. The van der Waals surface area contributed by atoms with Gasteiger partial charge in [0, 0.05) is 18.7 Å². The second-order valence-electron chi connectivity index (χ2n) is 4.87. The Hall–Kier alpha value is -1.00. The lowest BCUT2D eigenvalue weighted by Crippen LogP contribution is -2.56. The number of likely N-dealkylation sites (N-methyl/N-ethyl adjacent to an activating group) is 1. The van der Waals surface area contributed by atoms with E-state index in [4.69, 9.17) is 4.74 Å². The predicted molar refractivity (Wildman–Crippen MR) is 66.5 cm³/mol. The Kier molecular flexibility index (Phi) is 3.97. The van der Waals surface area contributed by atoms with Crippen molar-refractivity contribution in [1.82, 2.24) is 5.32 Å². The van der Waals surface area contributed by atoms with E-state index in [0.717, 1.165) is 19.3 Å². The molecule has 100 valence electrons. The van der Waals surface area contributed by atoms with Gasteiger partial charge in [-0.25, -0.2) is 8.78 Å². The van der Waals surface area contributed by atoms with Crippen LogP contribution in [0.4, 0.5) is 8.78 Å². The number of benzene rings is 1. The van der Waals surface area contributed by atoms with E-state index in [1.165, 1.54) is 18.2 Å². The number of nitrogens with one attached hydrogen (secondary N) is 1. The lowest BCUT2D eigenvalue weighted by atomic mass is 9.72. The molecule has 1 aromatic carbocycles. The van der Waals surface area contributed by atoms with Crippen LogP contribution in [0, 0.1) is 11.6 Å². The third-order valence-corrected chi connectivity index (χ3v) is 4.06. The van der Waals surface area contributed by atoms with Gasteiger partial charge < -0.3 is 10.1 Å². The molecule has 0 bridgehead atoms. The SMILES string of the molecule is CNC(Cc1c(F)cccc1F)C1(OC)CCC1. The van der Waals surface area contributed by atoms with Crippen molar-refractivity contribution in [3.8, 4) is 0 Å². The van der Waals surface area contributed by atoms with E-state index in [9.17, 15) is 8.78 Å². The molecule has 0 saturated heterocycles. The fourth-order valence-electron chi connectivity index (χ4n) is 2.70. The van der Waals surface area contributed by atoms with Crippen molar-refractivity contribution < 1.29 is 13.5 Å². The Morgan fingerprint density at radius 2 is 1.94 bits per heavy atom. The first-order chi connectivity index (χ1) is 8.63. The molecule has 0 heterocycles. The third kappa shape index (κ3) is 2.27. The van der Waals surface area contributed by atoms with Gasteiger partial charge in [0.25, 0.3) is 0 Å². The average molecular weight is 255 g/mol. The van der Waals surface area contributed by atoms with Crippen molar-refractivity contribution in [3.63, 3.8) is 0 Å². The van der Waals surface area contributed by atoms with Crippen LogP contribution in [0.2, 0.25) is 0 Å². The zero-order chi connectivity index (χ0) is 13.2. The molecule has 0 spiro atoms. The molecule has 2 rings (SSSR count). The van der Waals surface area contributed by atoms with E-state index >= 15 is 0 Å². The summed E-state index contributed by atoms with van der Waals surface area (Å²) in [6.45, 7) is 0. The van der Waals surface area contributed by atoms with Crippen molar-refractivity contribution in [2.75, 3.05) is 14.2 Å². The summed E-state index contributed by atoms with van der Waals surface area (Å²) in [5, 5.41) is 3.14. The Morgan fingerprint density at radius 3 is 2.33 bits per heavy atom. The highest BCUT2D eigenvalue weighted by molar-refractivity contribution is 5.22. The van der Waals surface area contributed by atoms with Gasteiger partial charge in [-0.2, -0.15) is 0 Å². The standard InChI is InChI=1S/C14H19F2NO/c1-17-13(14(18-2)7-4-8-14)9-10-11(15)5-3-6-12(10)16/h3,5-6,13,17H,4,7-9H2,1-2H3. The number of rotatable bonds is 5. The maximum atomic E-state index is 13.7. The molecule has 0 aliphatic heterocycles. The van der Waals surface area contributed by atoms with Crippen molar-refractivity contribution in [2.45, 2.75) is 37.3 Å². The quantitative estimate of drug-likeness (QED) is 0.873. The molecule has 18 heavy (non-hydrogen) atoms. The molecule has 0 radical (unpaired) electrons. The minimum atomic E-state index is -0.485. The van der Waals surface area contributed by atoms with Crippen LogP contribution in [-0.2, 0) is 11.2 Å². The van der Waals surface area contributed by atoms with Crippen LogP contribution in [0.25, 0.3) is 0 Å². The van der Waals surface area contributed by atoms with E-state index in [0.29, 0.717) is 6.42 Å². The van der Waals surface area contributed by atoms with Crippen molar-refractivity contribution in [2.24, 2.45) is 0 Å². The molecule has 1 fully saturated rings. The lowest BCUT2D eigenvalue weighted by Gasteiger charge is -2.46. The molecule has 1 N–H and O–H groups in total. The van der Waals surface area contributed by atoms with Crippen LogP contribution in [0.5, 0.6) is 0 Å². The molecule has 1 aliphatic carbocycles. The Morgan fingerprint density at radius 1 is 1.33 bits per heavy atom. The molecular formula is C14H19F2NO. The zero-order valence-corrected chi connectivity index (χ0v) is 10.8. The zero-order valence-electron chi connectivity index (χ0n) is 10.8. The smallest absolute Gasteiger partial charge is 0.129 e.